The lowest BCUT2D eigenvalue weighted by atomic mass is 10.2. The summed E-state index contributed by atoms with van der Waals surface area (Å²) in [5.41, 5.74) is 2.09. The molecule has 3 rings (SSSR count). The smallest absolute Gasteiger partial charge is 0.236 e. The maximum atomic E-state index is 6.21. The quantitative estimate of drug-likeness (QED) is 0.658. The van der Waals surface area contributed by atoms with Gasteiger partial charge in [0, 0.05) is 18.1 Å². The summed E-state index contributed by atoms with van der Waals surface area (Å²) in [5, 5.41) is 2.82. The van der Waals surface area contributed by atoms with Gasteiger partial charge < -0.3 is 4.42 Å². The number of rotatable bonds is 5. The Morgan fingerprint density at radius 3 is 2.73 bits per heavy atom. The molecule has 0 radical (unpaired) electrons. The minimum absolute atomic E-state index is 0.702. The van der Waals surface area contributed by atoms with E-state index >= 15 is 0 Å². The fourth-order valence-corrected chi connectivity index (χ4v) is 3.15. The molecule has 2 aromatic heterocycles. The zero-order valence-electron chi connectivity index (χ0n) is 12.5. The first-order valence-corrected chi connectivity index (χ1v) is 8.31. The van der Waals surface area contributed by atoms with Crippen molar-refractivity contribution in [2.75, 3.05) is 7.05 Å². The van der Waals surface area contributed by atoms with Crippen LogP contribution in [0.2, 0.25) is 5.02 Å². The van der Waals surface area contributed by atoms with Crippen LogP contribution in [0.5, 0.6) is 0 Å². The van der Waals surface area contributed by atoms with Gasteiger partial charge in [-0.1, -0.05) is 35.9 Å². The summed E-state index contributed by atoms with van der Waals surface area (Å²) in [6.45, 7) is 3.47. The number of benzene rings is 1. The van der Waals surface area contributed by atoms with Crippen LogP contribution >= 0.6 is 22.9 Å². The molecule has 0 spiro atoms. The molecule has 0 atom stereocenters. The number of nitrogens with zero attached hydrogens (tertiary/aromatic N) is 2. The molecule has 0 fully saturated rings. The molecule has 22 heavy (non-hydrogen) atoms. The first kappa shape index (κ1) is 15.3. The fraction of sp³-hybridized carbons (Fsp3) is 0.235. The van der Waals surface area contributed by atoms with Gasteiger partial charge in [-0.3, -0.25) is 4.90 Å². The summed E-state index contributed by atoms with van der Waals surface area (Å²) in [4.78, 5) is 7.87. The van der Waals surface area contributed by atoms with Crippen molar-refractivity contribution in [1.82, 2.24) is 9.88 Å². The van der Waals surface area contributed by atoms with E-state index in [1.165, 1.54) is 0 Å². The van der Waals surface area contributed by atoms with Crippen LogP contribution < -0.4 is 0 Å². The molecule has 5 heteroatoms. The molecule has 3 nitrogen and oxygen atoms in total. The predicted octanol–water partition coefficient (Wildman–Crippen LogP) is 5.00. The molecule has 0 saturated carbocycles. The van der Waals surface area contributed by atoms with E-state index < -0.39 is 0 Å². The van der Waals surface area contributed by atoms with Crippen LogP contribution in [0.3, 0.4) is 0 Å². The van der Waals surface area contributed by atoms with Gasteiger partial charge in [-0.05, 0) is 37.0 Å². The van der Waals surface area contributed by atoms with Crippen molar-refractivity contribution in [2.45, 2.75) is 20.0 Å². The van der Waals surface area contributed by atoms with Gasteiger partial charge in [-0.25, -0.2) is 4.98 Å². The monoisotopic (exact) mass is 332 g/mol. The van der Waals surface area contributed by atoms with Crippen LogP contribution in [-0.4, -0.2) is 16.9 Å². The maximum absolute atomic E-state index is 6.21. The normalized spacial score (nSPS) is 11.3. The van der Waals surface area contributed by atoms with Gasteiger partial charge in [-0.15, -0.1) is 11.3 Å². The molecule has 0 aliphatic heterocycles. The third-order valence-corrected chi connectivity index (χ3v) is 4.67. The largest absolute Gasteiger partial charge is 0.440 e. The Morgan fingerprint density at radius 2 is 2.00 bits per heavy atom. The van der Waals surface area contributed by atoms with Gasteiger partial charge in [0.2, 0.25) is 5.89 Å². The number of thiophene rings is 1. The molecule has 0 aliphatic carbocycles. The Balaban J connectivity index is 1.72. The second-order valence-electron chi connectivity index (χ2n) is 5.26. The van der Waals surface area contributed by atoms with Gasteiger partial charge in [0.1, 0.15) is 5.76 Å². The Bertz CT molecular complexity index is 752. The van der Waals surface area contributed by atoms with Crippen LogP contribution in [0.4, 0.5) is 0 Å². The molecular formula is C17H17ClN2OS. The van der Waals surface area contributed by atoms with E-state index in [0.717, 1.165) is 40.0 Å². The molecule has 0 aliphatic rings. The molecule has 114 valence electrons. The highest BCUT2D eigenvalue weighted by molar-refractivity contribution is 7.13. The second-order valence-corrected chi connectivity index (χ2v) is 6.62. The highest BCUT2D eigenvalue weighted by Crippen LogP contribution is 2.26. The average molecular weight is 333 g/mol. The van der Waals surface area contributed by atoms with E-state index in [0.29, 0.717) is 5.89 Å². The fourth-order valence-electron chi connectivity index (χ4n) is 2.31. The van der Waals surface area contributed by atoms with Crippen molar-refractivity contribution in [3.63, 3.8) is 0 Å². The van der Waals surface area contributed by atoms with E-state index in [1.54, 1.807) is 11.3 Å². The van der Waals surface area contributed by atoms with Gasteiger partial charge in [0.15, 0.2) is 0 Å². The predicted molar refractivity (Wildman–Crippen MR) is 91.2 cm³/mol. The van der Waals surface area contributed by atoms with Gasteiger partial charge in [0.05, 0.1) is 10.6 Å². The molecule has 0 saturated heterocycles. The van der Waals surface area contributed by atoms with E-state index in [1.807, 2.05) is 48.7 Å². The summed E-state index contributed by atoms with van der Waals surface area (Å²) >= 11 is 7.85. The van der Waals surface area contributed by atoms with E-state index in [2.05, 4.69) is 16.9 Å². The Kier molecular flexibility index (Phi) is 4.62. The number of aromatic nitrogens is 1. The maximum Gasteiger partial charge on any atom is 0.236 e. The molecule has 3 aromatic rings. The van der Waals surface area contributed by atoms with Gasteiger partial charge >= 0.3 is 0 Å². The Hall–Kier alpha value is -1.62. The van der Waals surface area contributed by atoms with E-state index in [-0.39, 0.29) is 0 Å². The summed E-state index contributed by atoms with van der Waals surface area (Å²) < 4.78 is 5.78. The van der Waals surface area contributed by atoms with Crippen LogP contribution in [0.15, 0.2) is 46.2 Å². The lowest BCUT2D eigenvalue weighted by Crippen LogP contribution is -2.18. The molecule has 0 unspecified atom stereocenters. The molecule has 0 bridgehead atoms. The topological polar surface area (TPSA) is 29.3 Å². The second kappa shape index (κ2) is 6.65. The summed E-state index contributed by atoms with van der Waals surface area (Å²) in [5.74, 6) is 1.57. The van der Waals surface area contributed by atoms with Crippen LogP contribution in [0.25, 0.3) is 10.8 Å². The first-order chi connectivity index (χ1) is 10.6. The van der Waals surface area contributed by atoms with Crippen molar-refractivity contribution < 1.29 is 4.42 Å². The molecule has 1 aromatic carbocycles. The van der Waals surface area contributed by atoms with Crippen LogP contribution in [-0.2, 0) is 13.1 Å². The molecule has 0 amide bonds. The lowest BCUT2D eigenvalue weighted by Gasteiger charge is -2.16. The molecular weight excluding hydrogens is 316 g/mol. The zero-order chi connectivity index (χ0) is 15.5. The van der Waals surface area contributed by atoms with Crippen molar-refractivity contribution in [1.29, 1.82) is 0 Å². The molecule has 0 N–H and O–H groups in total. The lowest BCUT2D eigenvalue weighted by molar-refractivity contribution is 0.313. The van der Waals surface area contributed by atoms with Crippen molar-refractivity contribution in [3.05, 3.63) is 63.8 Å². The average Bonchev–Trinajstić information content (AvgIpc) is 3.12. The third-order valence-electron chi connectivity index (χ3n) is 3.44. The number of hydrogen-bond acceptors (Lipinski definition) is 4. The third kappa shape index (κ3) is 3.40. The summed E-state index contributed by atoms with van der Waals surface area (Å²) in [6, 6.07) is 11.9. The minimum Gasteiger partial charge on any atom is -0.440 e. The number of oxazole rings is 1. The standard InChI is InChI=1S/C17H17ClN2OS/c1-12-15(19-17(21-12)16-8-5-9-22-16)11-20(2)10-13-6-3-4-7-14(13)18/h3-9H,10-11H2,1-2H3. The highest BCUT2D eigenvalue weighted by Gasteiger charge is 2.14. The van der Waals surface area contributed by atoms with E-state index in [9.17, 15) is 0 Å². The van der Waals surface area contributed by atoms with Crippen molar-refractivity contribution in [3.8, 4) is 10.8 Å². The van der Waals surface area contributed by atoms with Crippen LogP contribution in [0.1, 0.15) is 17.0 Å². The van der Waals surface area contributed by atoms with Gasteiger partial charge in [0.25, 0.3) is 0 Å². The SMILES string of the molecule is Cc1oc(-c2cccs2)nc1CN(C)Cc1ccccc1Cl. The number of halogens is 1. The van der Waals surface area contributed by atoms with Crippen LogP contribution in [0, 0.1) is 6.92 Å². The van der Waals surface area contributed by atoms with Crippen molar-refractivity contribution in [2.24, 2.45) is 0 Å². The summed E-state index contributed by atoms with van der Waals surface area (Å²) in [7, 11) is 2.06. The minimum atomic E-state index is 0.702. The molecule has 2 heterocycles. The van der Waals surface area contributed by atoms with Crippen molar-refractivity contribution >= 4 is 22.9 Å². The summed E-state index contributed by atoms with van der Waals surface area (Å²) in [6.07, 6.45) is 0. The van der Waals surface area contributed by atoms with Gasteiger partial charge in [-0.2, -0.15) is 0 Å². The Morgan fingerprint density at radius 1 is 1.18 bits per heavy atom. The highest BCUT2D eigenvalue weighted by atomic mass is 35.5. The number of hydrogen-bond donors (Lipinski definition) is 0. The number of aryl methyl sites for hydroxylation is 1. The Labute approximate surface area is 139 Å². The van der Waals surface area contributed by atoms with E-state index in [4.69, 9.17) is 16.0 Å². The first-order valence-electron chi connectivity index (χ1n) is 7.05. The zero-order valence-corrected chi connectivity index (χ0v) is 14.1.